The highest BCUT2D eigenvalue weighted by molar-refractivity contribution is 5.64. The summed E-state index contributed by atoms with van der Waals surface area (Å²) < 4.78 is 18.0. The molecule has 0 spiro atoms. The van der Waals surface area contributed by atoms with Gasteiger partial charge in [-0.25, -0.2) is 14.2 Å². The quantitative estimate of drug-likeness (QED) is 0.709. The number of amides is 1. The molecule has 0 aliphatic rings. The van der Waals surface area contributed by atoms with Gasteiger partial charge in [0.15, 0.2) is 0 Å². The SMILES string of the molecule is CN(C)CCN(CCOC(N)=O)c1ncc(F)cc1CN. The number of halogens is 1. The molecule has 0 radical (unpaired) electrons. The van der Waals surface area contributed by atoms with Gasteiger partial charge in [0.2, 0.25) is 0 Å². The van der Waals surface area contributed by atoms with Crippen LogP contribution in [0.2, 0.25) is 0 Å². The minimum Gasteiger partial charge on any atom is -0.448 e. The third-order valence-electron chi connectivity index (χ3n) is 2.85. The van der Waals surface area contributed by atoms with E-state index in [0.717, 1.165) is 12.7 Å². The maximum absolute atomic E-state index is 13.2. The maximum Gasteiger partial charge on any atom is 0.404 e. The smallest absolute Gasteiger partial charge is 0.404 e. The molecule has 0 saturated carbocycles. The van der Waals surface area contributed by atoms with Crippen molar-refractivity contribution >= 4 is 11.9 Å². The van der Waals surface area contributed by atoms with E-state index in [9.17, 15) is 9.18 Å². The van der Waals surface area contributed by atoms with E-state index in [4.69, 9.17) is 16.2 Å². The Balaban J connectivity index is 2.85. The van der Waals surface area contributed by atoms with Crippen LogP contribution in [0.15, 0.2) is 12.3 Å². The van der Waals surface area contributed by atoms with Gasteiger partial charge in [-0.3, -0.25) is 0 Å². The molecule has 21 heavy (non-hydrogen) atoms. The second-order valence-electron chi connectivity index (χ2n) is 4.80. The minimum absolute atomic E-state index is 0.131. The van der Waals surface area contributed by atoms with Crippen LogP contribution in [0.25, 0.3) is 0 Å². The topological polar surface area (TPSA) is 97.7 Å². The Labute approximate surface area is 123 Å². The Morgan fingerprint density at radius 2 is 2.10 bits per heavy atom. The number of carbonyl (C=O) groups is 1. The summed E-state index contributed by atoms with van der Waals surface area (Å²) in [5, 5.41) is 0. The van der Waals surface area contributed by atoms with Crippen LogP contribution in [0.1, 0.15) is 5.56 Å². The van der Waals surface area contributed by atoms with Crippen LogP contribution in [0, 0.1) is 5.82 Å². The summed E-state index contributed by atoms with van der Waals surface area (Å²) in [6.45, 7) is 2.11. The van der Waals surface area contributed by atoms with E-state index in [1.54, 1.807) is 0 Å². The molecule has 1 heterocycles. The predicted molar refractivity (Wildman–Crippen MR) is 78.4 cm³/mol. The van der Waals surface area contributed by atoms with Gasteiger partial charge < -0.3 is 26.0 Å². The summed E-state index contributed by atoms with van der Waals surface area (Å²) in [6.07, 6.45) is 0.320. The predicted octanol–water partition coefficient (Wildman–Crippen LogP) is 0.143. The van der Waals surface area contributed by atoms with Gasteiger partial charge in [0.05, 0.1) is 12.7 Å². The zero-order valence-corrected chi connectivity index (χ0v) is 12.4. The first kappa shape index (κ1) is 17.1. The molecule has 1 aromatic heterocycles. The lowest BCUT2D eigenvalue weighted by Gasteiger charge is -2.26. The molecule has 0 fully saturated rings. The van der Waals surface area contributed by atoms with Crippen molar-refractivity contribution < 1.29 is 13.9 Å². The number of ether oxygens (including phenoxy) is 1. The summed E-state index contributed by atoms with van der Waals surface area (Å²) in [7, 11) is 3.89. The third-order valence-corrected chi connectivity index (χ3v) is 2.85. The molecular weight excluding hydrogens is 277 g/mol. The highest BCUT2D eigenvalue weighted by Crippen LogP contribution is 2.18. The zero-order chi connectivity index (χ0) is 15.8. The molecule has 0 aromatic carbocycles. The van der Waals surface area contributed by atoms with Gasteiger partial charge in [0, 0.05) is 25.2 Å². The molecule has 0 saturated heterocycles. The average molecular weight is 299 g/mol. The number of pyridine rings is 1. The van der Waals surface area contributed by atoms with Crippen molar-refractivity contribution in [2.75, 3.05) is 45.2 Å². The highest BCUT2D eigenvalue weighted by atomic mass is 19.1. The second-order valence-corrected chi connectivity index (χ2v) is 4.80. The van der Waals surface area contributed by atoms with Crippen LogP contribution in [0.5, 0.6) is 0 Å². The normalized spacial score (nSPS) is 10.7. The Hall–Kier alpha value is -1.93. The number of anilines is 1. The largest absolute Gasteiger partial charge is 0.448 e. The fraction of sp³-hybridized carbons (Fsp3) is 0.538. The van der Waals surface area contributed by atoms with Crippen molar-refractivity contribution in [2.24, 2.45) is 11.5 Å². The van der Waals surface area contributed by atoms with Crippen LogP contribution < -0.4 is 16.4 Å². The fourth-order valence-corrected chi connectivity index (χ4v) is 1.81. The van der Waals surface area contributed by atoms with Crippen LogP contribution in [-0.4, -0.2) is 56.3 Å². The number of carbonyl (C=O) groups excluding carboxylic acids is 1. The number of aromatic nitrogens is 1. The molecular formula is C13H22FN5O2. The van der Waals surface area contributed by atoms with Gasteiger partial charge in [-0.1, -0.05) is 0 Å². The number of hydrogen-bond acceptors (Lipinski definition) is 6. The Morgan fingerprint density at radius 1 is 1.38 bits per heavy atom. The zero-order valence-electron chi connectivity index (χ0n) is 12.4. The van der Waals surface area contributed by atoms with Gasteiger partial charge in [0.1, 0.15) is 18.2 Å². The van der Waals surface area contributed by atoms with Gasteiger partial charge in [-0.2, -0.15) is 0 Å². The first-order chi connectivity index (χ1) is 9.93. The summed E-state index contributed by atoms with van der Waals surface area (Å²) in [6, 6.07) is 1.36. The Kier molecular flexibility index (Phi) is 6.83. The van der Waals surface area contributed by atoms with Crippen molar-refractivity contribution in [1.29, 1.82) is 0 Å². The summed E-state index contributed by atoms with van der Waals surface area (Å²) >= 11 is 0. The summed E-state index contributed by atoms with van der Waals surface area (Å²) in [5.74, 6) is 0.161. The average Bonchev–Trinajstić information content (AvgIpc) is 2.42. The monoisotopic (exact) mass is 299 g/mol. The van der Waals surface area contributed by atoms with Crippen molar-refractivity contribution in [3.8, 4) is 0 Å². The molecule has 118 valence electrons. The van der Waals surface area contributed by atoms with Gasteiger partial charge >= 0.3 is 6.09 Å². The van der Waals surface area contributed by atoms with Crippen molar-refractivity contribution in [3.05, 3.63) is 23.6 Å². The summed E-state index contributed by atoms with van der Waals surface area (Å²) in [5.41, 5.74) is 11.2. The lowest BCUT2D eigenvalue weighted by atomic mass is 10.2. The van der Waals surface area contributed by atoms with E-state index in [0.29, 0.717) is 24.5 Å². The van der Waals surface area contributed by atoms with Crippen LogP contribution in [-0.2, 0) is 11.3 Å². The van der Waals surface area contributed by atoms with E-state index in [1.165, 1.54) is 6.07 Å². The number of rotatable bonds is 8. The fourth-order valence-electron chi connectivity index (χ4n) is 1.81. The number of nitrogens with zero attached hydrogens (tertiary/aromatic N) is 3. The third kappa shape index (κ3) is 5.92. The highest BCUT2D eigenvalue weighted by Gasteiger charge is 2.14. The van der Waals surface area contributed by atoms with Crippen LogP contribution in [0.3, 0.4) is 0 Å². The van der Waals surface area contributed by atoms with Gasteiger partial charge in [-0.05, 0) is 20.2 Å². The molecule has 0 bridgehead atoms. The van der Waals surface area contributed by atoms with Crippen molar-refractivity contribution in [1.82, 2.24) is 9.88 Å². The van der Waals surface area contributed by atoms with Crippen molar-refractivity contribution in [3.63, 3.8) is 0 Å². The maximum atomic E-state index is 13.2. The Morgan fingerprint density at radius 3 is 2.67 bits per heavy atom. The van der Waals surface area contributed by atoms with E-state index < -0.39 is 11.9 Å². The summed E-state index contributed by atoms with van der Waals surface area (Å²) in [4.78, 5) is 18.6. The van der Waals surface area contributed by atoms with Crippen LogP contribution >= 0.6 is 0 Å². The molecule has 7 nitrogen and oxygen atoms in total. The molecule has 1 rings (SSSR count). The number of hydrogen-bond donors (Lipinski definition) is 2. The molecule has 4 N–H and O–H groups in total. The van der Waals surface area contributed by atoms with E-state index in [2.05, 4.69) is 4.98 Å². The number of primary amides is 1. The lowest BCUT2D eigenvalue weighted by Crippen LogP contribution is -2.36. The molecule has 1 aromatic rings. The van der Waals surface area contributed by atoms with E-state index in [1.807, 2.05) is 23.9 Å². The molecule has 8 heteroatoms. The molecule has 0 aliphatic carbocycles. The number of likely N-dealkylation sites (N-methyl/N-ethyl adjacent to an activating group) is 1. The van der Waals surface area contributed by atoms with Crippen molar-refractivity contribution in [2.45, 2.75) is 6.54 Å². The Bertz CT molecular complexity index is 470. The first-order valence-electron chi connectivity index (χ1n) is 6.60. The molecule has 0 aliphatic heterocycles. The first-order valence-corrected chi connectivity index (χ1v) is 6.60. The van der Waals surface area contributed by atoms with E-state index in [-0.39, 0.29) is 13.2 Å². The minimum atomic E-state index is -0.825. The van der Waals surface area contributed by atoms with Gasteiger partial charge in [-0.15, -0.1) is 0 Å². The standard InChI is InChI=1S/C13H22FN5O2/c1-18(2)3-4-19(5-6-21-13(16)20)12-10(8-15)7-11(14)9-17-12/h7,9H,3-6,8,15H2,1-2H3,(H2,16,20). The van der Waals surface area contributed by atoms with Gasteiger partial charge in [0.25, 0.3) is 0 Å². The molecule has 0 unspecified atom stereocenters. The molecule has 1 amide bonds. The van der Waals surface area contributed by atoms with E-state index >= 15 is 0 Å². The van der Waals surface area contributed by atoms with Crippen LogP contribution in [0.4, 0.5) is 15.0 Å². The number of nitrogens with two attached hydrogens (primary N) is 2. The lowest BCUT2D eigenvalue weighted by molar-refractivity contribution is 0.159. The molecule has 0 atom stereocenters. The second kappa shape index (κ2) is 8.38.